The molecular formula is C30H26N2O2S. The van der Waals surface area contributed by atoms with Gasteiger partial charge in [0.1, 0.15) is 5.75 Å². The summed E-state index contributed by atoms with van der Waals surface area (Å²) in [4.78, 5) is 17.4. The standard InChI is InChI=1S/C30H26N2O2S/c1-34-25-17-15-23(16-18-25)28-29(26-9-5-6-10-27(26)32-28)35-20-19-31-30(33)24-13-11-22(12-14-24)21-7-3-2-4-8-21/h2-18,32H,19-20H2,1H3,(H,31,33). The van der Waals surface area contributed by atoms with Crippen molar-refractivity contribution in [1.82, 2.24) is 10.3 Å². The molecule has 4 aromatic carbocycles. The predicted molar refractivity (Wildman–Crippen MR) is 145 cm³/mol. The summed E-state index contributed by atoms with van der Waals surface area (Å²) in [7, 11) is 1.67. The maximum absolute atomic E-state index is 12.7. The lowest BCUT2D eigenvalue weighted by Crippen LogP contribution is -2.25. The molecule has 0 radical (unpaired) electrons. The molecular weight excluding hydrogens is 452 g/mol. The van der Waals surface area contributed by atoms with E-state index in [0.29, 0.717) is 12.1 Å². The van der Waals surface area contributed by atoms with Crippen molar-refractivity contribution in [3.63, 3.8) is 0 Å². The van der Waals surface area contributed by atoms with Crippen LogP contribution < -0.4 is 10.1 Å². The number of fused-ring (bicyclic) bond motifs is 1. The molecule has 0 atom stereocenters. The lowest BCUT2D eigenvalue weighted by atomic mass is 10.0. The fraction of sp³-hybridized carbons (Fsp3) is 0.100. The number of amides is 1. The number of nitrogens with one attached hydrogen (secondary N) is 2. The molecule has 2 N–H and O–H groups in total. The first-order valence-electron chi connectivity index (χ1n) is 11.5. The van der Waals surface area contributed by atoms with Crippen LogP contribution in [0.2, 0.25) is 0 Å². The number of para-hydroxylation sites is 1. The summed E-state index contributed by atoms with van der Waals surface area (Å²) >= 11 is 1.75. The zero-order valence-electron chi connectivity index (χ0n) is 19.5. The van der Waals surface area contributed by atoms with Crippen LogP contribution in [0.1, 0.15) is 10.4 Å². The molecule has 0 unspecified atom stereocenters. The van der Waals surface area contributed by atoms with Gasteiger partial charge in [-0.15, -0.1) is 11.8 Å². The van der Waals surface area contributed by atoms with Crippen molar-refractivity contribution in [3.8, 4) is 28.1 Å². The Balaban J connectivity index is 1.25. The molecule has 5 heteroatoms. The second-order valence-electron chi connectivity index (χ2n) is 8.15. The average molecular weight is 479 g/mol. The molecule has 174 valence electrons. The van der Waals surface area contributed by atoms with Crippen LogP contribution in [-0.2, 0) is 0 Å². The fourth-order valence-electron chi connectivity index (χ4n) is 4.09. The predicted octanol–water partition coefficient (Wildman–Crippen LogP) is 7.03. The molecule has 0 bridgehead atoms. The highest BCUT2D eigenvalue weighted by molar-refractivity contribution is 7.99. The summed E-state index contributed by atoms with van der Waals surface area (Å²) < 4.78 is 5.31. The number of H-pyrrole nitrogens is 1. The van der Waals surface area contributed by atoms with Crippen LogP contribution in [0.25, 0.3) is 33.3 Å². The highest BCUT2D eigenvalue weighted by Crippen LogP contribution is 2.38. The minimum atomic E-state index is -0.0560. The molecule has 4 nitrogen and oxygen atoms in total. The fourth-order valence-corrected chi connectivity index (χ4v) is 5.15. The Hall–Kier alpha value is -3.96. The van der Waals surface area contributed by atoms with E-state index in [9.17, 15) is 4.79 Å². The van der Waals surface area contributed by atoms with Crippen molar-refractivity contribution < 1.29 is 9.53 Å². The summed E-state index contributed by atoms with van der Waals surface area (Å²) in [5.41, 5.74) is 6.20. The molecule has 1 heterocycles. The first-order chi connectivity index (χ1) is 17.2. The topological polar surface area (TPSA) is 54.1 Å². The Morgan fingerprint density at radius 3 is 2.20 bits per heavy atom. The number of ether oxygens (including phenoxy) is 1. The van der Waals surface area contributed by atoms with Gasteiger partial charge < -0.3 is 15.0 Å². The minimum Gasteiger partial charge on any atom is -0.497 e. The maximum Gasteiger partial charge on any atom is 0.251 e. The largest absolute Gasteiger partial charge is 0.497 e. The minimum absolute atomic E-state index is 0.0560. The van der Waals surface area contributed by atoms with E-state index in [1.165, 1.54) is 10.3 Å². The third-order valence-electron chi connectivity index (χ3n) is 5.93. The lowest BCUT2D eigenvalue weighted by Gasteiger charge is -2.08. The van der Waals surface area contributed by atoms with E-state index in [0.717, 1.165) is 39.4 Å². The van der Waals surface area contributed by atoms with Gasteiger partial charge in [0.15, 0.2) is 0 Å². The number of thioether (sulfide) groups is 1. The molecule has 0 fully saturated rings. The second-order valence-corrected chi connectivity index (χ2v) is 9.26. The molecule has 0 saturated carbocycles. The van der Waals surface area contributed by atoms with Gasteiger partial charge in [-0.05, 0) is 59.2 Å². The van der Waals surface area contributed by atoms with Crippen LogP contribution in [0.3, 0.4) is 0 Å². The number of hydrogen-bond acceptors (Lipinski definition) is 3. The summed E-state index contributed by atoms with van der Waals surface area (Å²) in [5, 5.41) is 4.24. The first-order valence-corrected chi connectivity index (χ1v) is 12.5. The molecule has 0 aliphatic heterocycles. The number of benzene rings is 4. The molecule has 5 aromatic rings. The molecule has 0 aliphatic carbocycles. The highest BCUT2D eigenvalue weighted by atomic mass is 32.2. The van der Waals surface area contributed by atoms with E-state index in [1.807, 2.05) is 60.7 Å². The maximum atomic E-state index is 12.7. The van der Waals surface area contributed by atoms with E-state index in [4.69, 9.17) is 4.74 Å². The first kappa shape index (κ1) is 22.8. The lowest BCUT2D eigenvalue weighted by molar-refractivity contribution is 0.0956. The van der Waals surface area contributed by atoms with Gasteiger partial charge in [-0.1, -0.05) is 60.7 Å². The summed E-state index contributed by atoms with van der Waals surface area (Å²) in [6, 6.07) is 34.3. The zero-order valence-corrected chi connectivity index (χ0v) is 20.3. The zero-order chi connectivity index (χ0) is 24.0. The molecule has 0 aliphatic rings. The Labute approximate surface area is 209 Å². The van der Waals surface area contributed by atoms with E-state index in [1.54, 1.807) is 18.9 Å². The van der Waals surface area contributed by atoms with Gasteiger partial charge >= 0.3 is 0 Å². The number of hydrogen-bond donors (Lipinski definition) is 2. The molecule has 0 spiro atoms. The van der Waals surface area contributed by atoms with Crippen LogP contribution in [-0.4, -0.2) is 30.3 Å². The summed E-state index contributed by atoms with van der Waals surface area (Å²) in [5.74, 6) is 1.54. The molecule has 35 heavy (non-hydrogen) atoms. The quantitative estimate of drug-likeness (QED) is 0.186. The summed E-state index contributed by atoms with van der Waals surface area (Å²) in [6.45, 7) is 0.575. The molecule has 5 rings (SSSR count). The van der Waals surface area contributed by atoms with Crippen molar-refractivity contribution in [2.75, 3.05) is 19.4 Å². The SMILES string of the molecule is COc1ccc(-c2[nH]c3ccccc3c2SCCNC(=O)c2ccc(-c3ccccc3)cc2)cc1. The van der Waals surface area contributed by atoms with Gasteiger partial charge in [0.25, 0.3) is 5.91 Å². The van der Waals surface area contributed by atoms with Crippen LogP contribution in [0.15, 0.2) is 108 Å². The Morgan fingerprint density at radius 2 is 1.46 bits per heavy atom. The van der Waals surface area contributed by atoms with Crippen LogP contribution in [0.5, 0.6) is 5.75 Å². The highest BCUT2D eigenvalue weighted by Gasteiger charge is 2.14. The van der Waals surface area contributed by atoms with E-state index >= 15 is 0 Å². The van der Waals surface area contributed by atoms with Crippen LogP contribution in [0, 0.1) is 0 Å². The van der Waals surface area contributed by atoms with Crippen LogP contribution in [0.4, 0.5) is 0 Å². The van der Waals surface area contributed by atoms with Crippen molar-refractivity contribution in [1.29, 1.82) is 0 Å². The molecule has 1 amide bonds. The number of methoxy groups -OCH3 is 1. The van der Waals surface area contributed by atoms with Crippen LogP contribution >= 0.6 is 11.8 Å². The Morgan fingerprint density at radius 1 is 0.800 bits per heavy atom. The summed E-state index contributed by atoms with van der Waals surface area (Å²) in [6.07, 6.45) is 0. The third kappa shape index (κ3) is 5.10. The van der Waals surface area contributed by atoms with Gasteiger partial charge in [0.05, 0.1) is 12.8 Å². The average Bonchev–Trinajstić information content (AvgIpc) is 3.30. The van der Waals surface area contributed by atoms with Gasteiger partial charge in [0, 0.05) is 33.7 Å². The second kappa shape index (κ2) is 10.5. The number of rotatable bonds is 8. The number of aromatic nitrogens is 1. The van der Waals surface area contributed by atoms with Gasteiger partial charge in [0.2, 0.25) is 0 Å². The van der Waals surface area contributed by atoms with Crippen molar-refractivity contribution >= 4 is 28.6 Å². The van der Waals surface area contributed by atoms with Gasteiger partial charge in [-0.25, -0.2) is 0 Å². The number of carbonyl (C=O) groups excluding carboxylic acids is 1. The van der Waals surface area contributed by atoms with Gasteiger partial charge in [-0.3, -0.25) is 4.79 Å². The van der Waals surface area contributed by atoms with Crippen molar-refractivity contribution in [2.24, 2.45) is 0 Å². The van der Waals surface area contributed by atoms with Crippen molar-refractivity contribution in [2.45, 2.75) is 4.90 Å². The smallest absolute Gasteiger partial charge is 0.251 e. The Bertz CT molecular complexity index is 1430. The van der Waals surface area contributed by atoms with Crippen molar-refractivity contribution in [3.05, 3.63) is 109 Å². The Kier molecular flexibility index (Phi) is 6.87. The monoisotopic (exact) mass is 478 g/mol. The molecule has 1 aromatic heterocycles. The number of carbonyl (C=O) groups is 1. The van der Waals surface area contributed by atoms with E-state index in [-0.39, 0.29) is 5.91 Å². The number of aromatic amines is 1. The normalized spacial score (nSPS) is 10.9. The van der Waals surface area contributed by atoms with E-state index in [2.05, 4.69) is 52.8 Å². The molecule has 0 saturated heterocycles. The van der Waals surface area contributed by atoms with Gasteiger partial charge in [-0.2, -0.15) is 0 Å². The third-order valence-corrected chi connectivity index (χ3v) is 7.05. The van der Waals surface area contributed by atoms with E-state index < -0.39 is 0 Å².